The number of nitrogens with zero attached hydrogens (tertiary/aromatic N) is 5. The summed E-state index contributed by atoms with van der Waals surface area (Å²) in [6.45, 7) is 9.44. The molecule has 2 fully saturated rings. The molecule has 4 rings (SSSR count). The van der Waals surface area contributed by atoms with E-state index in [4.69, 9.17) is 11.6 Å². The van der Waals surface area contributed by atoms with Crippen LogP contribution in [-0.2, 0) is 16.1 Å². The van der Waals surface area contributed by atoms with Gasteiger partial charge in [0.25, 0.3) is 0 Å². The van der Waals surface area contributed by atoms with Gasteiger partial charge in [-0.3, -0.25) is 19.2 Å². The van der Waals surface area contributed by atoms with Gasteiger partial charge in [0.05, 0.1) is 18.2 Å². The van der Waals surface area contributed by atoms with E-state index in [1.165, 1.54) is 5.69 Å². The van der Waals surface area contributed by atoms with Crippen molar-refractivity contribution >= 4 is 29.1 Å². The van der Waals surface area contributed by atoms with Crippen molar-refractivity contribution in [3.63, 3.8) is 0 Å². The normalized spacial score (nSPS) is 20.2. The van der Waals surface area contributed by atoms with Crippen LogP contribution in [0.15, 0.2) is 30.3 Å². The first kappa shape index (κ1) is 20.9. The highest BCUT2D eigenvalue weighted by Gasteiger charge is 2.37. The van der Waals surface area contributed by atoms with Gasteiger partial charge >= 0.3 is 0 Å². The van der Waals surface area contributed by atoms with Gasteiger partial charge in [0.15, 0.2) is 0 Å². The van der Waals surface area contributed by atoms with Gasteiger partial charge in [-0.15, -0.1) is 0 Å². The Morgan fingerprint density at radius 1 is 1.10 bits per heavy atom. The van der Waals surface area contributed by atoms with Crippen LogP contribution in [-0.4, -0.2) is 70.7 Å². The predicted octanol–water partition coefficient (Wildman–Crippen LogP) is 2.35. The number of rotatable bonds is 5. The van der Waals surface area contributed by atoms with E-state index in [1.54, 1.807) is 17.0 Å². The number of benzene rings is 1. The standard InChI is InChI=1S/C22H28ClN5O2/c1-16-13-17(2)28(24-16)12-9-25-7-10-26(11-8-25)22(30)18-14-21(29)27(15-18)20-5-3-19(23)4-6-20/h3-6,13,18H,7-12,14-15H2,1-2H3. The molecule has 2 aliphatic rings. The zero-order valence-electron chi connectivity index (χ0n) is 17.6. The molecule has 0 aliphatic carbocycles. The van der Waals surface area contributed by atoms with Gasteiger partial charge in [0.1, 0.15) is 0 Å². The molecule has 3 heterocycles. The molecule has 1 aromatic heterocycles. The quantitative estimate of drug-likeness (QED) is 0.732. The van der Waals surface area contributed by atoms with Crippen molar-refractivity contribution in [1.82, 2.24) is 19.6 Å². The number of aromatic nitrogens is 2. The van der Waals surface area contributed by atoms with E-state index in [2.05, 4.69) is 23.0 Å². The minimum atomic E-state index is -0.269. The molecule has 0 N–H and O–H groups in total. The molecule has 7 nitrogen and oxygen atoms in total. The van der Waals surface area contributed by atoms with Crippen LogP contribution in [0, 0.1) is 19.8 Å². The summed E-state index contributed by atoms with van der Waals surface area (Å²) in [6.07, 6.45) is 0.277. The molecule has 30 heavy (non-hydrogen) atoms. The summed E-state index contributed by atoms with van der Waals surface area (Å²) in [7, 11) is 0. The van der Waals surface area contributed by atoms with E-state index < -0.39 is 0 Å². The molecule has 2 amide bonds. The van der Waals surface area contributed by atoms with Crippen LogP contribution in [0.4, 0.5) is 5.69 Å². The first-order chi connectivity index (χ1) is 14.4. The van der Waals surface area contributed by atoms with Gasteiger partial charge < -0.3 is 9.80 Å². The Morgan fingerprint density at radius 2 is 1.80 bits per heavy atom. The molecule has 0 bridgehead atoms. The fraction of sp³-hybridized carbons (Fsp3) is 0.500. The van der Waals surface area contributed by atoms with Gasteiger partial charge in [-0.1, -0.05) is 11.6 Å². The first-order valence-electron chi connectivity index (χ1n) is 10.5. The van der Waals surface area contributed by atoms with Crippen molar-refractivity contribution in [3.8, 4) is 0 Å². The third kappa shape index (κ3) is 4.52. The van der Waals surface area contributed by atoms with Crippen LogP contribution in [0.5, 0.6) is 0 Å². The Bertz CT molecular complexity index is 918. The predicted molar refractivity (Wildman–Crippen MR) is 117 cm³/mol. The Kier molecular flexibility index (Phi) is 6.11. The lowest BCUT2D eigenvalue weighted by Crippen LogP contribution is -2.51. The zero-order chi connectivity index (χ0) is 21.3. The zero-order valence-corrected chi connectivity index (χ0v) is 18.3. The van der Waals surface area contributed by atoms with Crippen molar-refractivity contribution in [3.05, 3.63) is 46.7 Å². The van der Waals surface area contributed by atoms with Crippen molar-refractivity contribution in [2.75, 3.05) is 44.2 Å². The Balaban J connectivity index is 1.27. The lowest BCUT2D eigenvalue weighted by atomic mass is 10.1. The second-order valence-corrected chi connectivity index (χ2v) is 8.64. The number of anilines is 1. The van der Waals surface area contributed by atoms with E-state index in [0.29, 0.717) is 24.7 Å². The molecular formula is C22H28ClN5O2. The van der Waals surface area contributed by atoms with Crippen LogP contribution >= 0.6 is 11.6 Å². The monoisotopic (exact) mass is 429 g/mol. The van der Waals surface area contributed by atoms with E-state index in [1.807, 2.05) is 28.6 Å². The van der Waals surface area contributed by atoms with Crippen LogP contribution in [0.1, 0.15) is 17.8 Å². The molecule has 1 aromatic carbocycles. The third-order valence-electron chi connectivity index (χ3n) is 6.03. The molecule has 0 radical (unpaired) electrons. The molecular weight excluding hydrogens is 402 g/mol. The smallest absolute Gasteiger partial charge is 0.228 e. The highest BCUT2D eigenvalue weighted by Crippen LogP contribution is 2.27. The number of halogens is 1. The number of carbonyl (C=O) groups is 2. The summed E-state index contributed by atoms with van der Waals surface area (Å²) in [4.78, 5) is 31.5. The lowest BCUT2D eigenvalue weighted by molar-refractivity contribution is -0.137. The fourth-order valence-corrected chi connectivity index (χ4v) is 4.46. The number of hydrogen-bond acceptors (Lipinski definition) is 4. The number of amides is 2. The molecule has 2 aliphatic heterocycles. The second kappa shape index (κ2) is 8.78. The van der Waals surface area contributed by atoms with Gasteiger partial charge in [-0.05, 0) is 44.2 Å². The summed E-state index contributed by atoms with van der Waals surface area (Å²) >= 11 is 5.94. The number of aryl methyl sites for hydroxylation is 2. The molecule has 0 saturated carbocycles. The Hall–Kier alpha value is -2.38. The maximum Gasteiger partial charge on any atom is 0.228 e. The van der Waals surface area contributed by atoms with Crippen molar-refractivity contribution in [2.45, 2.75) is 26.8 Å². The largest absolute Gasteiger partial charge is 0.340 e. The number of carbonyl (C=O) groups excluding carboxylic acids is 2. The van der Waals surface area contributed by atoms with Crippen LogP contribution < -0.4 is 4.90 Å². The average Bonchev–Trinajstić information content (AvgIpc) is 3.28. The van der Waals surface area contributed by atoms with Crippen molar-refractivity contribution in [2.24, 2.45) is 5.92 Å². The molecule has 160 valence electrons. The highest BCUT2D eigenvalue weighted by molar-refractivity contribution is 6.30. The van der Waals surface area contributed by atoms with E-state index >= 15 is 0 Å². The Labute approximate surface area is 182 Å². The molecule has 2 aromatic rings. The minimum Gasteiger partial charge on any atom is -0.340 e. The highest BCUT2D eigenvalue weighted by atomic mass is 35.5. The second-order valence-electron chi connectivity index (χ2n) is 8.20. The van der Waals surface area contributed by atoms with Crippen molar-refractivity contribution < 1.29 is 9.59 Å². The van der Waals surface area contributed by atoms with E-state index in [-0.39, 0.29) is 24.2 Å². The molecule has 8 heteroatoms. The van der Waals surface area contributed by atoms with Crippen molar-refractivity contribution in [1.29, 1.82) is 0 Å². The topological polar surface area (TPSA) is 61.7 Å². The van der Waals surface area contributed by atoms with Crippen LogP contribution in [0.25, 0.3) is 0 Å². The number of hydrogen-bond donors (Lipinski definition) is 0. The summed E-state index contributed by atoms with van der Waals surface area (Å²) in [5.41, 5.74) is 3.02. The summed E-state index contributed by atoms with van der Waals surface area (Å²) in [5.74, 6) is -0.174. The maximum absolute atomic E-state index is 13.0. The third-order valence-corrected chi connectivity index (χ3v) is 6.28. The SMILES string of the molecule is Cc1cc(C)n(CCN2CCN(C(=O)C3CC(=O)N(c4ccc(Cl)cc4)C3)CC2)n1. The van der Waals surface area contributed by atoms with Gasteiger partial charge in [0, 0.05) is 62.1 Å². The summed E-state index contributed by atoms with van der Waals surface area (Å²) in [6, 6.07) is 9.28. The Morgan fingerprint density at radius 3 is 2.43 bits per heavy atom. The maximum atomic E-state index is 13.0. The van der Waals surface area contributed by atoms with Crippen LogP contribution in [0.2, 0.25) is 5.02 Å². The van der Waals surface area contributed by atoms with Gasteiger partial charge in [0.2, 0.25) is 11.8 Å². The number of piperazine rings is 1. The fourth-order valence-electron chi connectivity index (χ4n) is 4.33. The average molecular weight is 430 g/mol. The molecule has 1 atom stereocenters. The van der Waals surface area contributed by atoms with Gasteiger partial charge in [-0.2, -0.15) is 5.10 Å². The van der Waals surface area contributed by atoms with Crippen LogP contribution in [0.3, 0.4) is 0 Å². The first-order valence-corrected chi connectivity index (χ1v) is 10.9. The lowest BCUT2D eigenvalue weighted by Gasteiger charge is -2.35. The molecule has 0 spiro atoms. The van der Waals surface area contributed by atoms with Gasteiger partial charge in [-0.25, -0.2) is 0 Å². The van der Waals surface area contributed by atoms with E-state index in [0.717, 1.165) is 37.6 Å². The minimum absolute atomic E-state index is 0.000746. The summed E-state index contributed by atoms with van der Waals surface area (Å²) in [5, 5.41) is 5.15. The van der Waals surface area contributed by atoms with E-state index in [9.17, 15) is 9.59 Å². The molecule has 1 unspecified atom stereocenters. The molecule has 2 saturated heterocycles. The summed E-state index contributed by atoms with van der Waals surface area (Å²) < 4.78 is 2.04.